The Kier molecular flexibility index (Phi) is 5.85. The van der Waals surface area contributed by atoms with E-state index in [0.717, 1.165) is 5.56 Å². The average molecular weight is 290 g/mol. The fourth-order valence-corrected chi connectivity index (χ4v) is 2.13. The number of hydrogen-bond acceptors (Lipinski definition) is 3. The van der Waals surface area contributed by atoms with Crippen LogP contribution in [-0.2, 0) is 11.3 Å². The maximum Gasteiger partial charge on any atom is 0.223 e. The van der Waals surface area contributed by atoms with Gasteiger partial charge in [-0.3, -0.25) is 4.79 Å². The number of carbonyl (C=O) groups excluding carboxylic acids is 1. The van der Waals surface area contributed by atoms with Gasteiger partial charge < -0.3 is 10.2 Å². The van der Waals surface area contributed by atoms with Crippen molar-refractivity contribution >= 4 is 29.1 Å². The molecule has 0 saturated carbocycles. The van der Waals surface area contributed by atoms with Gasteiger partial charge in [0.05, 0.1) is 0 Å². The van der Waals surface area contributed by atoms with Gasteiger partial charge in [0, 0.05) is 42.8 Å². The Hall–Kier alpha value is -0.840. The fourth-order valence-electron chi connectivity index (χ4n) is 1.70. The van der Waals surface area contributed by atoms with Gasteiger partial charge in [-0.05, 0) is 13.1 Å². The van der Waals surface area contributed by atoms with Crippen LogP contribution in [-0.4, -0.2) is 36.4 Å². The molecular formula is C12H17Cl2N3O. The Morgan fingerprint density at radius 1 is 1.56 bits per heavy atom. The minimum absolute atomic E-state index is 0.0298. The number of nitrogens with one attached hydrogen (secondary N) is 1. The van der Waals surface area contributed by atoms with E-state index in [-0.39, 0.29) is 11.8 Å². The largest absolute Gasteiger partial charge is 0.359 e. The van der Waals surface area contributed by atoms with Crippen molar-refractivity contribution in [1.82, 2.24) is 15.2 Å². The van der Waals surface area contributed by atoms with E-state index in [2.05, 4.69) is 10.3 Å². The molecule has 0 saturated heterocycles. The van der Waals surface area contributed by atoms with Crippen molar-refractivity contribution in [3.8, 4) is 0 Å². The predicted octanol–water partition coefficient (Wildman–Crippen LogP) is 2.20. The Bertz CT molecular complexity index is 426. The zero-order valence-electron chi connectivity index (χ0n) is 10.7. The summed E-state index contributed by atoms with van der Waals surface area (Å²) < 4.78 is 0. The summed E-state index contributed by atoms with van der Waals surface area (Å²) >= 11 is 11.8. The maximum absolute atomic E-state index is 11.4. The molecule has 0 aromatic carbocycles. The standard InChI is InChI=1S/C12H17Cl2N3O/c1-8(12(18)15-2)6-17(3)7-9-5-16-11(14)4-10(9)13/h4-5,8H,6-7H2,1-3H3,(H,15,18). The number of rotatable bonds is 5. The van der Waals surface area contributed by atoms with Crippen LogP contribution < -0.4 is 5.32 Å². The molecule has 1 amide bonds. The van der Waals surface area contributed by atoms with Gasteiger partial charge in [-0.1, -0.05) is 30.1 Å². The smallest absolute Gasteiger partial charge is 0.223 e. The lowest BCUT2D eigenvalue weighted by Gasteiger charge is -2.20. The van der Waals surface area contributed by atoms with Gasteiger partial charge in [0.1, 0.15) is 5.15 Å². The number of aromatic nitrogens is 1. The van der Waals surface area contributed by atoms with E-state index in [4.69, 9.17) is 23.2 Å². The van der Waals surface area contributed by atoms with Crippen molar-refractivity contribution in [2.45, 2.75) is 13.5 Å². The lowest BCUT2D eigenvalue weighted by Crippen LogP contribution is -2.34. The molecule has 0 bridgehead atoms. The normalized spacial score (nSPS) is 12.6. The van der Waals surface area contributed by atoms with E-state index in [1.54, 1.807) is 19.3 Å². The SMILES string of the molecule is CNC(=O)C(C)CN(C)Cc1cnc(Cl)cc1Cl. The van der Waals surface area contributed by atoms with Crippen LogP contribution in [0.1, 0.15) is 12.5 Å². The summed E-state index contributed by atoms with van der Waals surface area (Å²) in [4.78, 5) is 17.4. The van der Waals surface area contributed by atoms with Crippen LogP contribution in [0.2, 0.25) is 10.2 Å². The number of halogens is 2. The Morgan fingerprint density at radius 3 is 2.78 bits per heavy atom. The van der Waals surface area contributed by atoms with Crippen LogP contribution in [0.5, 0.6) is 0 Å². The molecule has 0 spiro atoms. The first-order chi connectivity index (χ1) is 8.43. The molecule has 0 fully saturated rings. The molecule has 4 nitrogen and oxygen atoms in total. The van der Waals surface area contributed by atoms with Gasteiger partial charge >= 0.3 is 0 Å². The molecule has 1 rings (SSSR count). The summed E-state index contributed by atoms with van der Waals surface area (Å²) in [5, 5.41) is 3.60. The molecule has 1 atom stereocenters. The van der Waals surface area contributed by atoms with Crippen LogP contribution in [0.4, 0.5) is 0 Å². The summed E-state index contributed by atoms with van der Waals surface area (Å²) in [5.74, 6) is -0.0405. The van der Waals surface area contributed by atoms with Gasteiger partial charge in [0.15, 0.2) is 0 Å². The highest BCUT2D eigenvalue weighted by molar-refractivity contribution is 6.34. The van der Waals surface area contributed by atoms with E-state index in [0.29, 0.717) is 23.3 Å². The first-order valence-corrected chi connectivity index (χ1v) is 6.39. The van der Waals surface area contributed by atoms with E-state index < -0.39 is 0 Å². The molecular weight excluding hydrogens is 273 g/mol. The zero-order valence-corrected chi connectivity index (χ0v) is 12.2. The molecule has 0 aliphatic heterocycles. The lowest BCUT2D eigenvalue weighted by atomic mass is 10.1. The first kappa shape index (κ1) is 15.2. The highest BCUT2D eigenvalue weighted by Gasteiger charge is 2.14. The number of carbonyl (C=O) groups is 1. The second-order valence-electron chi connectivity index (χ2n) is 4.31. The van der Waals surface area contributed by atoms with Crippen molar-refractivity contribution in [3.05, 3.63) is 28.0 Å². The number of nitrogens with zero attached hydrogens (tertiary/aromatic N) is 2. The molecule has 0 aliphatic carbocycles. The number of hydrogen-bond donors (Lipinski definition) is 1. The molecule has 0 radical (unpaired) electrons. The Morgan fingerprint density at radius 2 is 2.22 bits per heavy atom. The van der Waals surface area contributed by atoms with Crippen molar-refractivity contribution < 1.29 is 4.79 Å². The summed E-state index contributed by atoms with van der Waals surface area (Å²) in [5.41, 5.74) is 0.896. The second-order valence-corrected chi connectivity index (χ2v) is 5.10. The summed E-state index contributed by atoms with van der Waals surface area (Å²) in [6, 6.07) is 1.62. The third kappa shape index (κ3) is 4.44. The van der Waals surface area contributed by atoms with Crippen molar-refractivity contribution in [1.29, 1.82) is 0 Å². The van der Waals surface area contributed by atoms with Crippen LogP contribution in [0, 0.1) is 5.92 Å². The minimum Gasteiger partial charge on any atom is -0.359 e. The molecule has 6 heteroatoms. The van der Waals surface area contributed by atoms with Crippen LogP contribution in [0.25, 0.3) is 0 Å². The molecule has 1 aromatic heterocycles. The van der Waals surface area contributed by atoms with Crippen LogP contribution >= 0.6 is 23.2 Å². The van der Waals surface area contributed by atoms with Gasteiger partial charge in [-0.15, -0.1) is 0 Å². The van der Waals surface area contributed by atoms with Crippen molar-refractivity contribution in [3.63, 3.8) is 0 Å². The van der Waals surface area contributed by atoms with Gasteiger partial charge in [0.25, 0.3) is 0 Å². The Labute approximate surface area is 117 Å². The van der Waals surface area contributed by atoms with Crippen molar-refractivity contribution in [2.24, 2.45) is 5.92 Å². The van der Waals surface area contributed by atoms with Gasteiger partial charge in [0.2, 0.25) is 5.91 Å². The van der Waals surface area contributed by atoms with Crippen LogP contribution in [0.3, 0.4) is 0 Å². The van der Waals surface area contributed by atoms with Crippen molar-refractivity contribution in [2.75, 3.05) is 20.6 Å². The highest BCUT2D eigenvalue weighted by Crippen LogP contribution is 2.19. The predicted molar refractivity (Wildman–Crippen MR) is 73.8 cm³/mol. The quantitative estimate of drug-likeness (QED) is 0.846. The Balaban J connectivity index is 2.59. The van der Waals surface area contributed by atoms with Gasteiger partial charge in [-0.25, -0.2) is 4.98 Å². The fraction of sp³-hybridized carbons (Fsp3) is 0.500. The highest BCUT2D eigenvalue weighted by atomic mass is 35.5. The molecule has 0 aliphatic rings. The third-order valence-corrected chi connectivity index (χ3v) is 3.17. The molecule has 1 unspecified atom stereocenters. The third-order valence-electron chi connectivity index (χ3n) is 2.62. The number of pyridine rings is 1. The molecule has 1 N–H and O–H groups in total. The molecule has 100 valence electrons. The molecule has 1 heterocycles. The monoisotopic (exact) mass is 289 g/mol. The first-order valence-electron chi connectivity index (χ1n) is 5.64. The van der Waals surface area contributed by atoms with E-state index >= 15 is 0 Å². The number of amides is 1. The summed E-state index contributed by atoms with van der Waals surface area (Å²) in [6.45, 7) is 3.17. The van der Waals surface area contributed by atoms with Crippen LogP contribution in [0.15, 0.2) is 12.3 Å². The van der Waals surface area contributed by atoms with E-state index in [1.807, 2.05) is 18.9 Å². The summed E-state index contributed by atoms with van der Waals surface area (Å²) in [7, 11) is 3.57. The molecule has 18 heavy (non-hydrogen) atoms. The van der Waals surface area contributed by atoms with E-state index in [9.17, 15) is 4.79 Å². The average Bonchev–Trinajstić information content (AvgIpc) is 2.31. The molecule has 1 aromatic rings. The van der Waals surface area contributed by atoms with E-state index in [1.165, 1.54) is 0 Å². The minimum atomic E-state index is -0.0703. The lowest BCUT2D eigenvalue weighted by molar-refractivity contribution is -0.124. The van der Waals surface area contributed by atoms with Gasteiger partial charge in [-0.2, -0.15) is 0 Å². The zero-order chi connectivity index (χ0) is 13.7. The topological polar surface area (TPSA) is 45.2 Å². The summed E-state index contributed by atoms with van der Waals surface area (Å²) in [6.07, 6.45) is 1.66. The second kappa shape index (κ2) is 6.92. The maximum atomic E-state index is 11.4.